The number of rotatable bonds is 9. The number of nitrogens with two attached hydrogens (primary N) is 1. The van der Waals surface area contributed by atoms with E-state index >= 15 is 0 Å². The minimum absolute atomic E-state index is 0.173. The van der Waals surface area contributed by atoms with Gasteiger partial charge in [0, 0.05) is 66.9 Å². The summed E-state index contributed by atoms with van der Waals surface area (Å²) in [5.41, 5.74) is 3.69. The average molecular weight is 688 g/mol. The molecule has 2 aromatic carbocycles. The molecule has 2 atom stereocenters. The van der Waals surface area contributed by atoms with Crippen molar-refractivity contribution in [3.8, 4) is 17.0 Å². The lowest BCUT2D eigenvalue weighted by atomic mass is 9.81. The molecule has 0 spiro atoms. The first-order chi connectivity index (χ1) is 23.5. The number of carbonyl (C=O) groups excluding carboxylic acids is 3. The van der Waals surface area contributed by atoms with Crippen molar-refractivity contribution < 1.29 is 27.5 Å². The summed E-state index contributed by atoms with van der Waals surface area (Å²) in [7, 11) is -2.61. The topological polar surface area (TPSA) is 144 Å². The van der Waals surface area contributed by atoms with Gasteiger partial charge < -0.3 is 19.1 Å². The third-order valence-electron chi connectivity index (χ3n) is 11.8. The number of ether oxygens (including phenoxy) is 1. The van der Waals surface area contributed by atoms with Gasteiger partial charge in [-0.25, -0.2) is 9.86 Å². The van der Waals surface area contributed by atoms with Crippen molar-refractivity contribution in [3.63, 3.8) is 0 Å². The minimum Gasteiger partial charge on any atom is -0.497 e. The van der Waals surface area contributed by atoms with Crippen LogP contribution in [0, 0.1) is 23.2 Å². The normalized spacial score (nSPS) is 23.5. The molecule has 3 heterocycles. The summed E-state index contributed by atoms with van der Waals surface area (Å²) in [6.45, 7) is 3.31. The first-order valence-corrected chi connectivity index (χ1v) is 19.3. The molecule has 0 radical (unpaired) electrons. The predicted octanol–water partition coefficient (Wildman–Crippen LogP) is 4.40. The number of benzene rings is 2. The van der Waals surface area contributed by atoms with E-state index in [-0.39, 0.29) is 17.4 Å². The van der Waals surface area contributed by atoms with Crippen LogP contribution < -0.4 is 14.6 Å². The molecule has 5 aliphatic rings. The maximum Gasteiger partial charge on any atom is 0.298 e. The van der Waals surface area contributed by atoms with Crippen LogP contribution in [-0.4, -0.2) is 73.8 Å². The van der Waals surface area contributed by atoms with E-state index in [9.17, 15) is 22.8 Å². The molecule has 5 fully saturated rings. The van der Waals surface area contributed by atoms with Crippen molar-refractivity contribution in [3.05, 3.63) is 53.6 Å². The number of nitrogens with zero attached hydrogens (tertiary/aromatic N) is 3. The molecule has 0 bridgehead atoms. The van der Waals surface area contributed by atoms with E-state index in [0.29, 0.717) is 43.3 Å². The zero-order valence-electron chi connectivity index (χ0n) is 28.0. The number of aromatic nitrogens is 1. The highest BCUT2D eigenvalue weighted by Crippen LogP contribution is 2.53. The smallest absolute Gasteiger partial charge is 0.298 e. The molecule has 2 saturated heterocycles. The van der Waals surface area contributed by atoms with Crippen LogP contribution in [0.5, 0.6) is 5.75 Å². The summed E-state index contributed by atoms with van der Waals surface area (Å²) in [5, 5.41) is 6.18. The van der Waals surface area contributed by atoms with Gasteiger partial charge in [0.2, 0.25) is 11.8 Å². The van der Waals surface area contributed by atoms with E-state index in [1.165, 1.54) is 12.0 Å². The van der Waals surface area contributed by atoms with E-state index in [1.807, 2.05) is 32.7 Å². The second-order valence-electron chi connectivity index (χ2n) is 15.1. The van der Waals surface area contributed by atoms with E-state index in [2.05, 4.69) is 16.7 Å². The molecule has 12 heteroatoms. The quantitative estimate of drug-likeness (QED) is 0.341. The number of likely N-dealkylation sites (tertiary alicyclic amines) is 2. The third kappa shape index (κ3) is 6.11. The number of carbonyl (C=O) groups is 3. The molecule has 2 aliphatic heterocycles. The van der Waals surface area contributed by atoms with Crippen molar-refractivity contribution in [2.75, 3.05) is 33.3 Å². The molecule has 8 rings (SSSR count). The van der Waals surface area contributed by atoms with Crippen LogP contribution in [-0.2, 0) is 26.3 Å². The first-order valence-electron chi connectivity index (χ1n) is 17.8. The lowest BCUT2D eigenvalue weighted by Crippen LogP contribution is -2.40. The fourth-order valence-corrected chi connectivity index (χ4v) is 9.27. The van der Waals surface area contributed by atoms with Crippen LogP contribution in [0.1, 0.15) is 79.6 Å². The van der Waals surface area contributed by atoms with E-state index in [1.54, 1.807) is 19.2 Å². The predicted molar refractivity (Wildman–Crippen MR) is 185 cm³/mol. The van der Waals surface area contributed by atoms with Crippen molar-refractivity contribution in [2.45, 2.75) is 70.3 Å². The summed E-state index contributed by atoms with van der Waals surface area (Å²) in [5.74, 6) is 1.59. The Morgan fingerprint density at radius 3 is 2.14 bits per heavy atom. The van der Waals surface area contributed by atoms with Gasteiger partial charge in [-0.05, 0) is 92.0 Å². The van der Waals surface area contributed by atoms with E-state index in [4.69, 9.17) is 9.88 Å². The van der Waals surface area contributed by atoms with Gasteiger partial charge in [-0.15, -0.1) is 0 Å². The van der Waals surface area contributed by atoms with Gasteiger partial charge in [0.05, 0.1) is 18.2 Å². The zero-order chi connectivity index (χ0) is 34.1. The second kappa shape index (κ2) is 12.2. The standard InChI is InChI=1S/C37H45N5O6S/c1-48-29-12-9-24(10-13-29)33-32(23-5-3-2-4-6-23)30-14-11-26(34(43)39-49(38,46)47)17-31(30)42(33)22-37(15-16-37)36(45)41-20-27-18-40(19-28(27)21-41)35(44)25-7-8-25/h9-14,17,23,25,27-28H,2-8,15-16,18-22H2,1H3,(H,39,43)(H2,38,46,47). The van der Waals surface area contributed by atoms with E-state index < -0.39 is 21.5 Å². The summed E-state index contributed by atoms with van der Waals surface area (Å²) in [6, 6.07) is 13.4. The lowest BCUT2D eigenvalue weighted by Gasteiger charge is -2.27. The number of hydrogen-bond acceptors (Lipinski definition) is 6. The molecule has 2 unspecified atom stereocenters. The van der Waals surface area contributed by atoms with Crippen molar-refractivity contribution in [2.24, 2.45) is 28.3 Å². The van der Waals surface area contributed by atoms with Crippen molar-refractivity contribution in [1.29, 1.82) is 0 Å². The third-order valence-corrected chi connectivity index (χ3v) is 12.2. The van der Waals surface area contributed by atoms with Crippen LogP contribution >= 0.6 is 0 Å². The molecule has 3 aromatic rings. The number of methoxy groups -OCH3 is 1. The second-order valence-corrected chi connectivity index (χ2v) is 16.4. The zero-order valence-corrected chi connectivity index (χ0v) is 28.8. The van der Waals surface area contributed by atoms with Crippen molar-refractivity contribution >= 4 is 38.8 Å². The Morgan fingerprint density at radius 1 is 0.898 bits per heavy atom. The molecule has 3 N–H and O–H groups in total. The molecule has 1 aromatic heterocycles. The molecular formula is C37H45N5O6S. The van der Waals surface area contributed by atoms with Crippen LogP contribution in [0.3, 0.4) is 0 Å². The molecule has 49 heavy (non-hydrogen) atoms. The molecular weight excluding hydrogens is 643 g/mol. The number of fused-ring (bicyclic) bond motifs is 2. The van der Waals surface area contributed by atoms with Gasteiger partial charge in [-0.2, -0.15) is 8.42 Å². The van der Waals surface area contributed by atoms with Crippen LogP contribution in [0.2, 0.25) is 0 Å². The average Bonchev–Trinajstić information content (AvgIpc) is 3.99. The van der Waals surface area contributed by atoms with Gasteiger partial charge in [0.25, 0.3) is 16.1 Å². The maximum absolute atomic E-state index is 14.5. The Kier molecular flexibility index (Phi) is 8.01. The Bertz CT molecular complexity index is 1910. The highest BCUT2D eigenvalue weighted by Gasteiger charge is 2.55. The Morgan fingerprint density at radius 2 is 1.55 bits per heavy atom. The van der Waals surface area contributed by atoms with Gasteiger partial charge >= 0.3 is 0 Å². The highest BCUT2D eigenvalue weighted by atomic mass is 32.2. The van der Waals surface area contributed by atoms with E-state index in [0.717, 1.165) is 92.4 Å². The Labute approximate surface area is 287 Å². The van der Waals surface area contributed by atoms with Gasteiger partial charge in [-0.3, -0.25) is 14.4 Å². The monoisotopic (exact) mass is 687 g/mol. The SMILES string of the molecule is COc1ccc(-c2c(C3CCCCC3)c3ccc(C(=O)NS(N)(=O)=O)cc3n2CC2(C(=O)N3CC4CN(C(=O)C5CC5)CC4C3)CC2)cc1. The fraction of sp³-hybridized carbons (Fsp3) is 0.541. The largest absolute Gasteiger partial charge is 0.497 e. The molecule has 3 saturated carbocycles. The molecule has 260 valence electrons. The van der Waals surface area contributed by atoms with Gasteiger partial charge in [0.1, 0.15) is 5.75 Å². The summed E-state index contributed by atoms with van der Waals surface area (Å²) in [6.07, 6.45) is 9.14. The number of hydrogen-bond donors (Lipinski definition) is 2. The Hall–Kier alpha value is -3.90. The van der Waals surface area contributed by atoms with Crippen LogP contribution in [0.15, 0.2) is 42.5 Å². The molecule has 11 nitrogen and oxygen atoms in total. The maximum atomic E-state index is 14.5. The van der Waals surface area contributed by atoms with Crippen molar-refractivity contribution in [1.82, 2.24) is 19.1 Å². The van der Waals surface area contributed by atoms with Crippen LogP contribution in [0.25, 0.3) is 22.2 Å². The van der Waals surface area contributed by atoms with Gasteiger partial charge in [-0.1, -0.05) is 25.3 Å². The minimum atomic E-state index is -4.25. The first kappa shape index (κ1) is 32.3. The number of nitrogens with one attached hydrogen (secondary N) is 1. The molecule has 3 amide bonds. The highest BCUT2D eigenvalue weighted by molar-refractivity contribution is 7.87. The fourth-order valence-electron chi connectivity index (χ4n) is 8.89. The Balaban J connectivity index is 1.18. The lowest BCUT2D eigenvalue weighted by molar-refractivity contribution is -0.137. The summed E-state index contributed by atoms with van der Waals surface area (Å²) in [4.78, 5) is 44.4. The number of amides is 3. The molecule has 3 aliphatic carbocycles. The summed E-state index contributed by atoms with van der Waals surface area (Å²) >= 11 is 0. The van der Waals surface area contributed by atoms with Crippen LogP contribution in [0.4, 0.5) is 0 Å². The summed E-state index contributed by atoms with van der Waals surface area (Å²) < 4.78 is 33.2. The van der Waals surface area contributed by atoms with Gasteiger partial charge in [0.15, 0.2) is 0 Å².